The second kappa shape index (κ2) is 6.59. The third kappa shape index (κ3) is 2.79. The predicted octanol–water partition coefficient (Wildman–Crippen LogP) is 3.30. The topological polar surface area (TPSA) is 75.6 Å². The van der Waals surface area contributed by atoms with Gasteiger partial charge in [-0.25, -0.2) is 4.98 Å². The highest BCUT2D eigenvalue weighted by molar-refractivity contribution is 5.94. The molecule has 1 aromatic carbocycles. The van der Waals surface area contributed by atoms with Crippen LogP contribution in [0.2, 0.25) is 0 Å². The first-order chi connectivity index (χ1) is 12.6. The molecule has 2 heterocycles. The number of aromatic nitrogens is 4. The molecule has 0 saturated carbocycles. The summed E-state index contributed by atoms with van der Waals surface area (Å²) in [4.78, 5) is 17.7. The van der Waals surface area contributed by atoms with Crippen molar-refractivity contribution in [2.24, 2.45) is 13.0 Å². The molecule has 26 heavy (non-hydrogen) atoms. The number of fused-ring (bicyclic) bond motifs is 2. The number of carbonyl (C=O) groups excluding carboxylic acids is 1. The Morgan fingerprint density at radius 1 is 1.23 bits per heavy atom. The quantitative estimate of drug-likeness (QED) is 0.757. The van der Waals surface area contributed by atoms with Crippen LogP contribution in [0.4, 0.5) is 0 Å². The molecule has 2 aromatic heterocycles. The molecule has 1 amide bonds. The number of carbonyl (C=O) groups is 1. The number of amides is 1. The van der Waals surface area contributed by atoms with E-state index in [2.05, 4.69) is 40.0 Å². The fourth-order valence-corrected chi connectivity index (χ4v) is 3.85. The summed E-state index contributed by atoms with van der Waals surface area (Å²) in [7, 11) is 2.00. The number of aromatic amines is 1. The molecule has 4 rings (SSSR count). The maximum Gasteiger partial charge on any atom is 0.272 e. The second-order valence-corrected chi connectivity index (χ2v) is 7.45. The number of benzene rings is 1. The minimum absolute atomic E-state index is 0.116. The van der Waals surface area contributed by atoms with Crippen molar-refractivity contribution in [2.45, 2.75) is 45.6 Å². The van der Waals surface area contributed by atoms with Crippen molar-refractivity contribution in [3.05, 3.63) is 47.0 Å². The highest BCUT2D eigenvalue weighted by atomic mass is 16.2. The molecule has 0 aliphatic heterocycles. The summed E-state index contributed by atoms with van der Waals surface area (Å²) in [6, 6.07) is 7.87. The van der Waals surface area contributed by atoms with E-state index in [1.54, 1.807) is 0 Å². The molecule has 0 bridgehead atoms. The van der Waals surface area contributed by atoms with E-state index in [4.69, 9.17) is 4.98 Å². The lowest BCUT2D eigenvalue weighted by Gasteiger charge is -2.22. The van der Waals surface area contributed by atoms with Crippen molar-refractivity contribution in [1.29, 1.82) is 0 Å². The van der Waals surface area contributed by atoms with Crippen molar-refractivity contribution >= 4 is 16.9 Å². The van der Waals surface area contributed by atoms with Crippen molar-refractivity contribution < 1.29 is 4.79 Å². The van der Waals surface area contributed by atoms with Crippen LogP contribution >= 0.6 is 0 Å². The summed E-state index contributed by atoms with van der Waals surface area (Å²) in [5, 5.41) is 10.5. The number of para-hydroxylation sites is 2. The molecule has 1 aliphatic carbocycles. The van der Waals surface area contributed by atoms with Crippen LogP contribution in [0, 0.1) is 5.92 Å². The Bertz CT molecular complexity index is 952. The summed E-state index contributed by atoms with van der Waals surface area (Å²) in [6.07, 6.45) is 4.18. The Balaban J connectivity index is 1.66. The Morgan fingerprint density at radius 2 is 2.00 bits per heavy atom. The number of hydrogen-bond donors (Lipinski definition) is 2. The zero-order valence-electron chi connectivity index (χ0n) is 15.5. The molecule has 2 N–H and O–H groups in total. The third-order valence-electron chi connectivity index (χ3n) is 5.32. The van der Waals surface area contributed by atoms with Gasteiger partial charge in [-0.1, -0.05) is 26.0 Å². The van der Waals surface area contributed by atoms with Crippen LogP contribution < -0.4 is 5.32 Å². The number of nitrogens with one attached hydrogen (secondary N) is 2. The molecule has 1 unspecified atom stereocenters. The Morgan fingerprint density at radius 3 is 2.77 bits per heavy atom. The zero-order valence-corrected chi connectivity index (χ0v) is 15.5. The van der Waals surface area contributed by atoms with Crippen LogP contribution in [0.25, 0.3) is 11.0 Å². The lowest BCUT2D eigenvalue weighted by Crippen LogP contribution is -2.34. The standard InChI is InChI=1S/C20H25N5O/c1-12(2)17(19-21-15-10-6-7-11-16(15)25(19)3)22-20(26)18-13-8-4-5-9-14(13)23-24-18/h6-7,10-12,17H,4-5,8-9H2,1-3H3,(H,22,26)(H,23,24). The fourth-order valence-electron chi connectivity index (χ4n) is 3.85. The van der Waals surface area contributed by atoms with E-state index >= 15 is 0 Å². The molecule has 0 saturated heterocycles. The largest absolute Gasteiger partial charge is 0.340 e. The predicted molar refractivity (Wildman–Crippen MR) is 101 cm³/mol. The van der Waals surface area contributed by atoms with Gasteiger partial charge in [0.2, 0.25) is 0 Å². The number of rotatable bonds is 4. The fraction of sp³-hybridized carbons (Fsp3) is 0.450. The summed E-state index contributed by atoms with van der Waals surface area (Å²) < 4.78 is 2.07. The molecule has 1 atom stereocenters. The first-order valence-corrected chi connectivity index (χ1v) is 9.34. The summed E-state index contributed by atoms with van der Waals surface area (Å²) in [5.74, 6) is 0.971. The van der Waals surface area contributed by atoms with Gasteiger partial charge in [0.05, 0.1) is 17.1 Å². The molecule has 0 fully saturated rings. The molecule has 136 valence electrons. The summed E-state index contributed by atoms with van der Waals surface area (Å²) in [6.45, 7) is 4.20. The molecular weight excluding hydrogens is 326 g/mol. The number of nitrogens with zero attached hydrogens (tertiary/aromatic N) is 3. The van der Waals surface area contributed by atoms with E-state index in [9.17, 15) is 4.79 Å². The van der Waals surface area contributed by atoms with E-state index < -0.39 is 0 Å². The van der Waals surface area contributed by atoms with E-state index in [-0.39, 0.29) is 17.9 Å². The Kier molecular flexibility index (Phi) is 4.26. The van der Waals surface area contributed by atoms with Crippen LogP contribution in [0.15, 0.2) is 24.3 Å². The first kappa shape index (κ1) is 16.8. The van der Waals surface area contributed by atoms with Gasteiger partial charge in [0.1, 0.15) is 5.82 Å². The van der Waals surface area contributed by atoms with Crippen molar-refractivity contribution in [2.75, 3.05) is 0 Å². The maximum atomic E-state index is 13.0. The van der Waals surface area contributed by atoms with E-state index in [1.165, 1.54) is 0 Å². The molecule has 6 nitrogen and oxygen atoms in total. The minimum Gasteiger partial charge on any atom is -0.340 e. The normalized spacial score (nSPS) is 15.2. The summed E-state index contributed by atoms with van der Waals surface area (Å²) >= 11 is 0. The van der Waals surface area contributed by atoms with Crippen LogP contribution in [0.5, 0.6) is 0 Å². The van der Waals surface area contributed by atoms with Crippen LogP contribution in [0.3, 0.4) is 0 Å². The lowest BCUT2D eigenvalue weighted by atomic mass is 9.95. The van der Waals surface area contributed by atoms with Gasteiger partial charge < -0.3 is 9.88 Å². The molecule has 1 aliphatic rings. The highest BCUT2D eigenvalue weighted by Gasteiger charge is 2.28. The molecule has 6 heteroatoms. The van der Waals surface area contributed by atoms with Gasteiger partial charge in [-0.2, -0.15) is 5.10 Å². The van der Waals surface area contributed by atoms with E-state index in [1.807, 2.05) is 25.2 Å². The zero-order chi connectivity index (χ0) is 18.3. The average Bonchev–Trinajstić information content (AvgIpc) is 3.21. The van der Waals surface area contributed by atoms with Gasteiger partial charge in [-0.3, -0.25) is 9.89 Å². The Hall–Kier alpha value is -2.63. The van der Waals surface area contributed by atoms with Gasteiger partial charge in [0.15, 0.2) is 5.69 Å². The smallest absolute Gasteiger partial charge is 0.272 e. The van der Waals surface area contributed by atoms with Gasteiger partial charge in [-0.05, 0) is 43.7 Å². The number of aryl methyl sites for hydroxylation is 2. The number of hydrogen-bond acceptors (Lipinski definition) is 3. The van der Waals surface area contributed by atoms with Crippen LogP contribution in [0.1, 0.15) is 60.3 Å². The van der Waals surface area contributed by atoms with E-state index in [0.717, 1.165) is 53.8 Å². The summed E-state index contributed by atoms with van der Waals surface area (Å²) in [5.41, 5.74) is 4.76. The highest BCUT2D eigenvalue weighted by Crippen LogP contribution is 2.27. The van der Waals surface area contributed by atoms with Gasteiger partial charge >= 0.3 is 0 Å². The van der Waals surface area contributed by atoms with Crippen molar-refractivity contribution in [3.63, 3.8) is 0 Å². The number of H-pyrrole nitrogens is 1. The van der Waals surface area contributed by atoms with Crippen LogP contribution in [-0.4, -0.2) is 25.7 Å². The third-order valence-corrected chi connectivity index (χ3v) is 5.32. The lowest BCUT2D eigenvalue weighted by molar-refractivity contribution is 0.0916. The number of imidazole rings is 1. The van der Waals surface area contributed by atoms with Crippen molar-refractivity contribution in [1.82, 2.24) is 25.1 Å². The molecule has 0 radical (unpaired) electrons. The molecule has 0 spiro atoms. The van der Waals surface area contributed by atoms with Gasteiger partial charge in [-0.15, -0.1) is 0 Å². The molecular formula is C20H25N5O. The average molecular weight is 351 g/mol. The maximum absolute atomic E-state index is 13.0. The first-order valence-electron chi connectivity index (χ1n) is 9.34. The van der Waals surface area contributed by atoms with Crippen molar-refractivity contribution in [3.8, 4) is 0 Å². The Labute approximate surface area is 153 Å². The van der Waals surface area contributed by atoms with E-state index in [0.29, 0.717) is 5.69 Å². The SMILES string of the molecule is CC(C)C(NC(=O)c1n[nH]c2c1CCCC2)c1nc2ccccc2n1C. The van der Waals surface area contributed by atoms with Crippen LogP contribution in [-0.2, 0) is 19.9 Å². The monoisotopic (exact) mass is 351 g/mol. The van der Waals surface area contributed by atoms with Gasteiger partial charge in [0, 0.05) is 18.3 Å². The van der Waals surface area contributed by atoms with Gasteiger partial charge in [0.25, 0.3) is 5.91 Å². The minimum atomic E-state index is -0.171. The second-order valence-electron chi connectivity index (χ2n) is 7.45. The molecule has 3 aromatic rings.